The molecule has 0 aliphatic carbocycles. The molecule has 0 bridgehead atoms. The minimum atomic E-state index is -0.908. The van der Waals surface area contributed by atoms with E-state index in [1.807, 2.05) is 44.2 Å². The Balaban J connectivity index is 1.63. The standard InChI is InChI=1S/C25H20Br2N4O3/c1-14-3-7-19(8-4-14)28-24(33)25(34)30-31-21-10-6-18(27)12-16(21)13-22(31)23(32)29-20-9-5-17(26)11-15(20)2/h3-13H,1-2H3,(H,28,33)(H,29,32)(H,30,34). The van der Waals surface area contributed by atoms with Gasteiger partial charge in [0.25, 0.3) is 5.91 Å². The van der Waals surface area contributed by atoms with E-state index < -0.39 is 17.7 Å². The van der Waals surface area contributed by atoms with E-state index in [1.165, 1.54) is 4.68 Å². The van der Waals surface area contributed by atoms with Crippen molar-refractivity contribution in [2.75, 3.05) is 16.1 Å². The van der Waals surface area contributed by atoms with Gasteiger partial charge in [-0.1, -0.05) is 49.6 Å². The summed E-state index contributed by atoms with van der Waals surface area (Å²) in [6.07, 6.45) is 0. The van der Waals surface area contributed by atoms with Crippen molar-refractivity contribution in [1.82, 2.24) is 4.68 Å². The van der Waals surface area contributed by atoms with Crippen molar-refractivity contribution in [3.05, 3.63) is 92.5 Å². The molecule has 0 atom stereocenters. The molecule has 34 heavy (non-hydrogen) atoms. The summed E-state index contributed by atoms with van der Waals surface area (Å²) >= 11 is 6.83. The van der Waals surface area contributed by atoms with Gasteiger partial charge < -0.3 is 10.6 Å². The number of anilines is 2. The van der Waals surface area contributed by atoms with Crippen molar-refractivity contribution in [3.8, 4) is 0 Å². The minimum Gasteiger partial charge on any atom is -0.320 e. The summed E-state index contributed by atoms with van der Waals surface area (Å²) in [5.41, 5.74) is 6.33. The Morgan fingerprint density at radius 3 is 2.15 bits per heavy atom. The number of benzene rings is 3. The van der Waals surface area contributed by atoms with E-state index in [4.69, 9.17) is 0 Å². The van der Waals surface area contributed by atoms with Crippen LogP contribution in [0.3, 0.4) is 0 Å². The van der Waals surface area contributed by atoms with Crippen LogP contribution in [-0.4, -0.2) is 22.4 Å². The van der Waals surface area contributed by atoms with Crippen LogP contribution < -0.4 is 16.1 Å². The number of aromatic nitrogens is 1. The van der Waals surface area contributed by atoms with Gasteiger partial charge in [-0.15, -0.1) is 0 Å². The molecule has 3 N–H and O–H groups in total. The zero-order valence-corrected chi connectivity index (χ0v) is 21.5. The van der Waals surface area contributed by atoms with Crippen LogP contribution in [0.1, 0.15) is 21.6 Å². The van der Waals surface area contributed by atoms with Crippen molar-refractivity contribution in [1.29, 1.82) is 0 Å². The first-order valence-electron chi connectivity index (χ1n) is 10.3. The Morgan fingerprint density at radius 2 is 1.44 bits per heavy atom. The Labute approximate surface area is 212 Å². The molecule has 7 nitrogen and oxygen atoms in total. The van der Waals surface area contributed by atoms with Gasteiger partial charge in [-0.05, 0) is 74.0 Å². The van der Waals surface area contributed by atoms with E-state index >= 15 is 0 Å². The first-order chi connectivity index (χ1) is 16.2. The molecule has 0 saturated heterocycles. The first kappa shape index (κ1) is 23.7. The van der Waals surface area contributed by atoms with Crippen molar-refractivity contribution in [2.24, 2.45) is 0 Å². The van der Waals surface area contributed by atoms with Gasteiger partial charge in [0.05, 0.1) is 5.52 Å². The summed E-state index contributed by atoms with van der Waals surface area (Å²) < 4.78 is 3.03. The summed E-state index contributed by atoms with van der Waals surface area (Å²) in [4.78, 5) is 38.4. The number of halogens is 2. The fraction of sp³-hybridized carbons (Fsp3) is 0.0800. The van der Waals surface area contributed by atoms with E-state index in [-0.39, 0.29) is 5.69 Å². The maximum Gasteiger partial charge on any atom is 0.328 e. The topological polar surface area (TPSA) is 92.2 Å². The third kappa shape index (κ3) is 5.21. The van der Waals surface area contributed by atoms with Crippen LogP contribution in [-0.2, 0) is 9.59 Å². The highest BCUT2D eigenvalue weighted by atomic mass is 79.9. The van der Waals surface area contributed by atoms with Gasteiger partial charge in [-0.25, -0.2) is 4.68 Å². The lowest BCUT2D eigenvalue weighted by molar-refractivity contribution is -0.133. The van der Waals surface area contributed by atoms with Crippen molar-refractivity contribution < 1.29 is 14.4 Å². The molecule has 0 spiro atoms. The largest absolute Gasteiger partial charge is 0.328 e. The van der Waals surface area contributed by atoms with Crippen LogP contribution in [0.25, 0.3) is 10.9 Å². The number of nitrogens with one attached hydrogen (secondary N) is 3. The zero-order chi connectivity index (χ0) is 24.4. The predicted octanol–water partition coefficient (Wildman–Crippen LogP) is 5.74. The van der Waals surface area contributed by atoms with Crippen molar-refractivity contribution in [2.45, 2.75) is 13.8 Å². The lowest BCUT2D eigenvalue weighted by Gasteiger charge is -2.14. The molecule has 0 unspecified atom stereocenters. The van der Waals surface area contributed by atoms with Gasteiger partial charge in [0.15, 0.2) is 0 Å². The summed E-state index contributed by atoms with van der Waals surface area (Å²) in [5, 5.41) is 6.15. The lowest BCUT2D eigenvalue weighted by Crippen LogP contribution is -2.36. The Hall–Kier alpha value is -3.43. The lowest BCUT2D eigenvalue weighted by atomic mass is 10.2. The molecule has 3 amide bonds. The van der Waals surface area contributed by atoms with Crippen molar-refractivity contribution in [3.63, 3.8) is 0 Å². The number of carbonyl (C=O) groups is 3. The maximum atomic E-state index is 13.2. The number of hydrogen-bond donors (Lipinski definition) is 3. The average molecular weight is 584 g/mol. The number of carbonyl (C=O) groups excluding carboxylic acids is 3. The number of nitrogens with zero attached hydrogens (tertiary/aromatic N) is 1. The first-order valence-corrected chi connectivity index (χ1v) is 11.9. The normalized spacial score (nSPS) is 10.7. The molecule has 0 saturated carbocycles. The Kier molecular flexibility index (Phi) is 6.85. The summed E-state index contributed by atoms with van der Waals surface area (Å²) in [6, 6.07) is 19.6. The molecular formula is C25H20Br2N4O3. The van der Waals surface area contributed by atoms with Gasteiger partial charge in [0.1, 0.15) is 5.69 Å². The van der Waals surface area contributed by atoms with E-state index in [2.05, 4.69) is 47.9 Å². The van der Waals surface area contributed by atoms with E-state index in [0.717, 1.165) is 20.1 Å². The molecule has 172 valence electrons. The van der Waals surface area contributed by atoms with Gasteiger partial charge in [0, 0.05) is 25.7 Å². The molecular weight excluding hydrogens is 564 g/mol. The molecule has 0 aliphatic rings. The highest BCUT2D eigenvalue weighted by Gasteiger charge is 2.21. The number of aryl methyl sites for hydroxylation is 2. The molecule has 1 heterocycles. The van der Waals surface area contributed by atoms with Crippen LogP contribution in [0, 0.1) is 13.8 Å². The fourth-order valence-electron chi connectivity index (χ4n) is 3.40. The van der Waals surface area contributed by atoms with Crippen LogP contribution in [0.5, 0.6) is 0 Å². The molecule has 0 aliphatic heterocycles. The minimum absolute atomic E-state index is 0.173. The van der Waals surface area contributed by atoms with Crippen LogP contribution in [0.2, 0.25) is 0 Å². The quantitative estimate of drug-likeness (QED) is 0.267. The fourth-order valence-corrected chi connectivity index (χ4v) is 4.26. The number of amides is 3. The maximum absolute atomic E-state index is 13.2. The van der Waals surface area contributed by atoms with E-state index in [0.29, 0.717) is 22.3 Å². The number of hydrogen-bond acceptors (Lipinski definition) is 3. The van der Waals surface area contributed by atoms with Gasteiger partial charge in [-0.3, -0.25) is 19.8 Å². The van der Waals surface area contributed by atoms with Crippen LogP contribution in [0.15, 0.2) is 75.7 Å². The highest BCUT2D eigenvalue weighted by Crippen LogP contribution is 2.25. The van der Waals surface area contributed by atoms with E-state index in [1.54, 1.807) is 36.4 Å². The molecule has 1 aromatic heterocycles. The molecule has 4 aromatic rings. The predicted molar refractivity (Wildman–Crippen MR) is 141 cm³/mol. The molecule has 0 radical (unpaired) electrons. The summed E-state index contributed by atoms with van der Waals surface area (Å²) in [5.74, 6) is -2.19. The Morgan fingerprint density at radius 1 is 0.765 bits per heavy atom. The second kappa shape index (κ2) is 9.82. The second-order valence-corrected chi connectivity index (χ2v) is 9.57. The van der Waals surface area contributed by atoms with E-state index in [9.17, 15) is 14.4 Å². The second-order valence-electron chi connectivity index (χ2n) is 7.74. The highest BCUT2D eigenvalue weighted by molar-refractivity contribution is 9.10. The third-order valence-electron chi connectivity index (χ3n) is 5.16. The summed E-state index contributed by atoms with van der Waals surface area (Å²) in [7, 11) is 0. The number of fused-ring (bicyclic) bond motifs is 1. The van der Waals surface area contributed by atoms with Crippen molar-refractivity contribution >= 4 is 71.9 Å². The Bertz CT molecular complexity index is 1430. The third-order valence-corrected chi connectivity index (χ3v) is 6.15. The molecule has 3 aromatic carbocycles. The summed E-state index contributed by atoms with van der Waals surface area (Å²) in [6.45, 7) is 3.81. The smallest absolute Gasteiger partial charge is 0.320 e. The zero-order valence-electron chi connectivity index (χ0n) is 18.3. The molecule has 0 fully saturated rings. The molecule has 4 rings (SSSR count). The monoisotopic (exact) mass is 582 g/mol. The van der Waals surface area contributed by atoms with Gasteiger partial charge in [-0.2, -0.15) is 0 Å². The average Bonchev–Trinajstić information content (AvgIpc) is 3.14. The number of rotatable bonds is 4. The van der Waals surface area contributed by atoms with Crippen LogP contribution >= 0.6 is 31.9 Å². The van der Waals surface area contributed by atoms with Gasteiger partial charge in [0.2, 0.25) is 0 Å². The van der Waals surface area contributed by atoms with Gasteiger partial charge >= 0.3 is 11.8 Å². The van der Waals surface area contributed by atoms with Crippen LogP contribution in [0.4, 0.5) is 11.4 Å². The molecule has 9 heteroatoms. The SMILES string of the molecule is Cc1ccc(NC(=O)C(=O)Nn2c(C(=O)Nc3ccc(Br)cc3C)cc3cc(Br)ccc32)cc1.